The first-order chi connectivity index (χ1) is 10.1. The molecule has 0 aliphatic carbocycles. The highest BCUT2D eigenvalue weighted by Crippen LogP contribution is 2.19. The first kappa shape index (κ1) is 18.3. The van der Waals surface area contributed by atoms with Gasteiger partial charge in [0.05, 0.1) is 0 Å². The van der Waals surface area contributed by atoms with Gasteiger partial charge >= 0.3 is 12.1 Å². The van der Waals surface area contributed by atoms with E-state index in [1.807, 2.05) is 20.8 Å². The summed E-state index contributed by atoms with van der Waals surface area (Å²) in [5.41, 5.74) is -0.544. The van der Waals surface area contributed by atoms with Crippen LogP contribution in [0.3, 0.4) is 0 Å². The summed E-state index contributed by atoms with van der Waals surface area (Å²) in [5, 5.41) is 8.92. The molecule has 0 aromatic heterocycles. The number of likely N-dealkylation sites (tertiary alicyclic amines) is 1. The predicted molar refractivity (Wildman–Crippen MR) is 80.5 cm³/mol. The Balaban J connectivity index is 2.66. The minimum Gasteiger partial charge on any atom is -0.480 e. The lowest BCUT2D eigenvalue weighted by molar-refractivity contribution is -0.145. The molecule has 126 valence electrons. The zero-order chi connectivity index (χ0) is 16.9. The normalized spacial score (nSPS) is 19.3. The number of carbonyl (C=O) groups excluding carboxylic acids is 2. The lowest BCUT2D eigenvalue weighted by atomic mass is 10.1. The van der Waals surface area contributed by atoms with Crippen LogP contribution in [0.2, 0.25) is 0 Å². The van der Waals surface area contributed by atoms with Crippen molar-refractivity contribution in [3.05, 3.63) is 0 Å². The molecule has 1 fully saturated rings. The lowest BCUT2D eigenvalue weighted by Gasteiger charge is -2.29. The Morgan fingerprint density at radius 2 is 1.86 bits per heavy atom. The molecule has 1 heterocycles. The summed E-state index contributed by atoms with van der Waals surface area (Å²) in [4.78, 5) is 37.6. The van der Waals surface area contributed by atoms with E-state index in [9.17, 15) is 14.4 Å². The topological polar surface area (TPSA) is 87.2 Å². The Bertz CT molecular complexity index is 430. The van der Waals surface area contributed by atoms with E-state index in [-0.39, 0.29) is 24.6 Å². The molecule has 0 bridgehead atoms. The van der Waals surface area contributed by atoms with Crippen molar-refractivity contribution in [2.45, 2.75) is 58.6 Å². The van der Waals surface area contributed by atoms with Crippen LogP contribution < -0.4 is 0 Å². The lowest BCUT2D eigenvalue weighted by Crippen LogP contribution is -2.43. The van der Waals surface area contributed by atoms with Gasteiger partial charge < -0.3 is 19.6 Å². The van der Waals surface area contributed by atoms with Gasteiger partial charge in [0, 0.05) is 26.1 Å². The number of carbonyl (C=O) groups is 3. The first-order valence-electron chi connectivity index (χ1n) is 7.57. The van der Waals surface area contributed by atoms with Gasteiger partial charge in [-0.05, 0) is 40.0 Å². The highest BCUT2D eigenvalue weighted by Gasteiger charge is 2.29. The first-order valence-corrected chi connectivity index (χ1v) is 7.57. The fourth-order valence-corrected chi connectivity index (χ4v) is 2.54. The van der Waals surface area contributed by atoms with E-state index in [4.69, 9.17) is 9.84 Å². The fourth-order valence-electron chi connectivity index (χ4n) is 2.54. The van der Waals surface area contributed by atoms with E-state index in [1.54, 1.807) is 4.90 Å². The number of nitrogens with zero attached hydrogens (tertiary/aromatic N) is 2. The Morgan fingerprint density at radius 1 is 1.23 bits per heavy atom. The van der Waals surface area contributed by atoms with Crippen molar-refractivity contribution in [1.29, 1.82) is 0 Å². The number of carboxylic acids is 1. The molecule has 2 amide bonds. The SMILES string of the molecule is CC(=O)N(CC(=O)O)C1CCCN(C(=O)OC(C)(C)C)CC1. The van der Waals surface area contributed by atoms with Crippen molar-refractivity contribution in [1.82, 2.24) is 9.80 Å². The molecule has 1 N–H and O–H groups in total. The van der Waals surface area contributed by atoms with Gasteiger partial charge in [0.25, 0.3) is 0 Å². The van der Waals surface area contributed by atoms with E-state index < -0.39 is 11.6 Å². The van der Waals surface area contributed by atoms with Crippen molar-refractivity contribution in [3.8, 4) is 0 Å². The van der Waals surface area contributed by atoms with Crippen LogP contribution in [0.4, 0.5) is 4.79 Å². The molecule has 1 atom stereocenters. The van der Waals surface area contributed by atoms with Crippen LogP contribution in [0.15, 0.2) is 0 Å². The maximum Gasteiger partial charge on any atom is 0.410 e. The number of rotatable bonds is 3. The molecule has 1 aliphatic rings. The van der Waals surface area contributed by atoms with Crippen molar-refractivity contribution >= 4 is 18.0 Å². The van der Waals surface area contributed by atoms with Crippen molar-refractivity contribution in [2.24, 2.45) is 0 Å². The van der Waals surface area contributed by atoms with Crippen LogP contribution in [-0.2, 0) is 14.3 Å². The largest absolute Gasteiger partial charge is 0.480 e. The number of carboxylic acid groups (broad SMARTS) is 1. The van der Waals surface area contributed by atoms with Crippen LogP contribution >= 0.6 is 0 Å². The van der Waals surface area contributed by atoms with Crippen molar-refractivity contribution in [2.75, 3.05) is 19.6 Å². The van der Waals surface area contributed by atoms with E-state index >= 15 is 0 Å². The zero-order valence-electron chi connectivity index (χ0n) is 13.8. The van der Waals surface area contributed by atoms with E-state index in [0.29, 0.717) is 32.4 Å². The third kappa shape index (κ3) is 5.91. The minimum atomic E-state index is -1.02. The van der Waals surface area contributed by atoms with Crippen LogP contribution in [0.25, 0.3) is 0 Å². The summed E-state index contributed by atoms with van der Waals surface area (Å²) in [5.74, 6) is -1.28. The highest BCUT2D eigenvalue weighted by molar-refractivity contribution is 5.79. The third-order valence-corrected chi connectivity index (χ3v) is 3.50. The summed E-state index contributed by atoms with van der Waals surface area (Å²) in [6.45, 7) is 7.54. The van der Waals surface area contributed by atoms with E-state index in [0.717, 1.165) is 0 Å². The van der Waals surface area contributed by atoms with Gasteiger partial charge in [0.15, 0.2) is 0 Å². The molecule has 1 saturated heterocycles. The molecule has 0 aromatic carbocycles. The molecule has 0 spiro atoms. The highest BCUT2D eigenvalue weighted by atomic mass is 16.6. The van der Waals surface area contributed by atoms with E-state index in [2.05, 4.69) is 0 Å². The quantitative estimate of drug-likeness (QED) is 0.857. The summed E-state index contributed by atoms with van der Waals surface area (Å²) in [6.07, 6.45) is 1.60. The van der Waals surface area contributed by atoms with Gasteiger partial charge in [0.2, 0.25) is 5.91 Å². The number of hydrogen-bond donors (Lipinski definition) is 1. The van der Waals surface area contributed by atoms with Gasteiger partial charge in [-0.2, -0.15) is 0 Å². The minimum absolute atomic E-state index is 0.152. The number of aliphatic carboxylic acids is 1. The molecule has 0 saturated carbocycles. The second-order valence-corrected chi connectivity index (χ2v) is 6.59. The Hall–Kier alpha value is -1.79. The molecule has 7 heteroatoms. The van der Waals surface area contributed by atoms with E-state index in [1.165, 1.54) is 11.8 Å². The molecule has 1 unspecified atom stereocenters. The van der Waals surface area contributed by atoms with Gasteiger partial charge in [-0.1, -0.05) is 0 Å². The summed E-state index contributed by atoms with van der Waals surface area (Å²) < 4.78 is 5.35. The molecule has 7 nitrogen and oxygen atoms in total. The third-order valence-electron chi connectivity index (χ3n) is 3.50. The molecule has 22 heavy (non-hydrogen) atoms. The summed E-state index contributed by atoms with van der Waals surface area (Å²) in [6, 6.07) is -0.152. The summed E-state index contributed by atoms with van der Waals surface area (Å²) >= 11 is 0. The monoisotopic (exact) mass is 314 g/mol. The number of amides is 2. The van der Waals surface area contributed by atoms with Crippen LogP contribution in [0.5, 0.6) is 0 Å². The average Bonchev–Trinajstić information content (AvgIpc) is 2.58. The van der Waals surface area contributed by atoms with Gasteiger partial charge in [-0.25, -0.2) is 4.79 Å². The average molecular weight is 314 g/mol. The van der Waals surface area contributed by atoms with Crippen LogP contribution in [-0.4, -0.2) is 64.2 Å². The van der Waals surface area contributed by atoms with Crippen molar-refractivity contribution < 1.29 is 24.2 Å². The number of ether oxygens (including phenoxy) is 1. The summed E-state index contributed by atoms with van der Waals surface area (Å²) in [7, 11) is 0. The molecular formula is C15H26N2O5. The van der Waals surface area contributed by atoms with Gasteiger partial charge in [0.1, 0.15) is 12.1 Å². The van der Waals surface area contributed by atoms with Crippen LogP contribution in [0, 0.1) is 0 Å². The molecule has 1 aliphatic heterocycles. The zero-order valence-corrected chi connectivity index (χ0v) is 13.8. The molecule has 1 rings (SSSR count). The second-order valence-electron chi connectivity index (χ2n) is 6.59. The van der Waals surface area contributed by atoms with Gasteiger partial charge in [-0.15, -0.1) is 0 Å². The predicted octanol–water partition coefficient (Wildman–Crippen LogP) is 1.71. The molecule has 0 aromatic rings. The maximum absolute atomic E-state index is 12.1. The number of hydrogen-bond acceptors (Lipinski definition) is 4. The maximum atomic E-state index is 12.1. The smallest absolute Gasteiger partial charge is 0.410 e. The van der Waals surface area contributed by atoms with Crippen LogP contribution in [0.1, 0.15) is 47.0 Å². The Kier molecular flexibility index (Phi) is 6.20. The molecule has 0 radical (unpaired) electrons. The second kappa shape index (κ2) is 7.47. The van der Waals surface area contributed by atoms with Gasteiger partial charge in [-0.3, -0.25) is 9.59 Å². The Morgan fingerprint density at radius 3 is 2.36 bits per heavy atom. The standard InChI is InChI=1S/C15H26N2O5/c1-11(18)17(10-13(19)20)12-6-5-8-16(9-7-12)14(21)22-15(2,3)4/h12H,5-10H2,1-4H3,(H,19,20). The fraction of sp³-hybridized carbons (Fsp3) is 0.800. The Labute approximate surface area is 131 Å². The molecular weight excluding hydrogens is 288 g/mol. The van der Waals surface area contributed by atoms with Crippen molar-refractivity contribution in [3.63, 3.8) is 0 Å².